The van der Waals surface area contributed by atoms with Crippen molar-refractivity contribution < 1.29 is 4.79 Å². The molecule has 9 nitrogen and oxygen atoms in total. The van der Waals surface area contributed by atoms with E-state index in [1.165, 1.54) is 17.7 Å². The minimum Gasteiger partial charge on any atom is -0.356 e. The summed E-state index contributed by atoms with van der Waals surface area (Å²) in [5.41, 5.74) is 3.50. The fraction of sp³-hybridized carbons (Fsp3) is 0.263. The zero-order valence-corrected chi connectivity index (χ0v) is 16.3. The molecule has 0 spiro atoms. The van der Waals surface area contributed by atoms with Crippen LogP contribution in [0.15, 0.2) is 48.2 Å². The van der Waals surface area contributed by atoms with Crippen molar-refractivity contribution in [1.82, 2.24) is 29.8 Å². The lowest BCUT2D eigenvalue weighted by molar-refractivity contribution is -0.120. The number of rotatable bonds is 4. The monoisotopic (exact) mass is 406 g/mol. The van der Waals surface area contributed by atoms with E-state index in [4.69, 9.17) is 0 Å². The van der Waals surface area contributed by atoms with Gasteiger partial charge in [0.25, 0.3) is 5.78 Å². The number of carbonyl (C=O) groups is 1. The predicted octanol–water partition coefficient (Wildman–Crippen LogP) is 2.50. The number of hydrogen-bond acceptors (Lipinski definition) is 8. The smallest absolute Gasteiger partial charge is 0.254 e. The van der Waals surface area contributed by atoms with Gasteiger partial charge in [0.05, 0.1) is 5.69 Å². The molecule has 1 N–H and O–H groups in total. The summed E-state index contributed by atoms with van der Waals surface area (Å²) in [6, 6.07) is 12.1. The highest BCUT2D eigenvalue weighted by Crippen LogP contribution is 2.28. The number of aromatic nitrogens is 6. The highest BCUT2D eigenvalue weighted by molar-refractivity contribution is 7.13. The molecule has 1 aliphatic rings. The van der Waals surface area contributed by atoms with Crippen LogP contribution in [-0.4, -0.2) is 48.8 Å². The van der Waals surface area contributed by atoms with Gasteiger partial charge in [0.2, 0.25) is 11.0 Å². The SMILES string of the molecule is O=C(Nc1nncs1)C1CCN(c2cc(-c3ccccc3)nc3ncnn23)CC1. The Morgan fingerprint density at radius 3 is 2.76 bits per heavy atom. The maximum absolute atomic E-state index is 12.5. The van der Waals surface area contributed by atoms with Gasteiger partial charge in [-0.05, 0) is 12.8 Å². The molecule has 5 rings (SSSR count). The number of piperidine rings is 1. The third kappa shape index (κ3) is 3.54. The van der Waals surface area contributed by atoms with Gasteiger partial charge in [-0.25, -0.2) is 4.98 Å². The summed E-state index contributed by atoms with van der Waals surface area (Å²) in [6.07, 6.45) is 3.02. The lowest BCUT2D eigenvalue weighted by Crippen LogP contribution is -2.39. The van der Waals surface area contributed by atoms with E-state index in [1.807, 2.05) is 36.4 Å². The number of fused-ring (bicyclic) bond motifs is 1. The van der Waals surface area contributed by atoms with Crippen molar-refractivity contribution in [3.05, 3.63) is 48.2 Å². The normalized spacial score (nSPS) is 15.0. The Morgan fingerprint density at radius 2 is 2.00 bits per heavy atom. The molecule has 10 heteroatoms. The quantitative estimate of drug-likeness (QED) is 0.556. The molecule has 0 saturated carbocycles. The molecular formula is C19H18N8OS. The largest absolute Gasteiger partial charge is 0.356 e. The third-order valence-corrected chi connectivity index (χ3v) is 5.69. The van der Waals surface area contributed by atoms with E-state index in [2.05, 4.69) is 35.5 Å². The van der Waals surface area contributed by atoms with Gasteiger partial charge in [0.1, 0.15) is 17.7 Å². The number of benzene rings is 1. The second-order valence-corrected chi connectivity index (χ2v) is 7.67. The van der Waals surface area contributed by atoms with Crippen LogP contribution in [0.2, 0.25) is 0 Å². The molecular weight excluding hydrogens is 388 g/mol. The summed E-state index contributed by atoms with van der Waals surface area (Å²) < 4.78 is 1.76. The summed E-state index contributed by atoms with van der Waals surface area (Å²) >= 11 is 1.32. The Kier molecular flexibility index (Phi) is 4.60. The standard InChI is InChI=1S/C19H18N8OS/c28-17(24-19-25-21-12-29-19)14-6-8-26(9-7-14)16-10-15(13-4-2-1-3-5-13)23-18-20-11-22-27(16)18/h1-5,10-12,14H,6-9H2,(H,24,25,28). The lowest BCUT2D eigenvalue weighted by atomic mass is 9.96. The summed E-state index contributed by atoms with van der Waals surface area (Å²) in [5.74, 6) is 1.47. The lowest BCUT2D eigenvalue weighted by Gasteiger charge is -2.32. The van der Waals surface area contributed by atoms with Crippen LogP contribution >= 0.6 is 11.3 Å². The van der Waals surface area contributed by atoms with Gasteiger partial charge in [-0.15, -0.1) is 10.2 Å². The fourth-order valence-electron chi connectivity index (χ4n) is 3.58. The first-order valence-corrected chi connectivity index (χ1v) is 10.2. The highest BCUT2D eigenvalue weighted by atomic mass is 32.1. The van der Waals surface area contributed by atoms with Crippen molar-refractivity contribution in [2.24, 2.45) is 5.92 Å². The van der Waals surface area contributed by atoms with Gasteiger partial charge >= 0.3 is 0 Å². The molecule has 0 aliphatic carbocycles. The van der Waals surface area contributed by atoms with Gasteiger partial charge in [-0.2, -0.15) is 14.6 Å². The van der Waals surface area contributed by atoms with Crippen LogP contribution in [0, 0.1) is 5.92 Å². The Hall–Kier alpha value is -3.40. The van der Waals surface area contributed by atoms with E-state index in [0.29, 0.717) is 10.9 Å². The van der Waals surface area contributed by atoms with Gasteiger partial charge < -0.3 is 10.2 Å². The zero-order chi connectivity index (χ0) is 19.6. The summed E-state index contributed by atoms with van der Waals surface area (Å²) in [5, 5.41) is 15.4. The molecule has 146 valence electrons. The van der Waals surface area contributed by atoms with Crippen molar-refractivity contribution in [2.75, 3.05) is 23.3 Å². The first-order chi connectivity index (χ1) is 14.3. The molecule has 3 aromatic heterocycles. The summed E-state index contributed by atoms with van der Waals surface area (Å²) in [4.78, 5) is 23.6. The molecule has 0 unspecified atom stereocenters. The van der Waals surface area contributed by atoms with E-state index in [1.54, 1.807) is 10.0 Å². The third-order valence-electron chi connectivity index (χ3n) is 5.08. The van der Waals surface area contributed by atoms with E-state index < -0.39 is 0 Å². The van der Waals surface area contributed by atoms with Crippen molar-refractivity contribution in [3.8, 4) is 11.3 Å². The second-order valence-electron chi connectivity index (χ2n) is 6.83. The molecule has 1 amide bonds. The molecule has 1 saturated heterocycles. The molecule has 0 atom stereocenters. The van der Waals surface area contributed by atoms with Crippen LogP contribution in [0.1, 0.15) is 12.8 Å². The molecule has 1 fully saturated rings. The van der Waals surface area contributed by atoms with Gasteiger partial charge in [-0.3, -0.25) is 4.79 Å². The number of nitrogens with zero attached hydrogens (tertiary/aromatic N) is 7. The van der Waals surface area contributed by atoms with Crippen LogP contribution in [0.25, 0.3) is 17.0 Å². The molecule has 29 heavy (non-hydrogen) atoms. The summed E-state index contributed by atoms with van der Waals surface area (Å²) in [7, 11) is 0. The van der Waals surface area contributed by atoms with Crippen LogP contribution in [0.3, 0.4) is 0 Å². The van der Waals surface area contributed by atoms with E-state index >= 15 is 0 Å². The first kappa shape index (κ1) is 17.7. The van der Waals surface area contributed by atoms with Crippen LogP contribution in [-0.2, 0) is 4.79 Å². The van der Waals surface area contributed by atoms with E-state index in [-0.39, 0.29) is 11.8 Å². The van der Waals surface area contributed by atoms with E-state index in [0.717, 1.165) is 43.0 Å². The topological polar surface area (TPSA) is 101 Å². The first-order valence-electron chi connectivity index (χ1n) is 9.36. The van der Waals surface area contributed by atoms with Crippen molar-refractivity contribution in [3.63, 3.8) is 0 Å². The number of hydrogen-bond donors (Lipinski definition) is 1. The van der Waals surface area contributed by atoms with Crippen LogP contribution in [0.4, 0.5) is 10.9 Å². The minimum atomic E-state index is -0.0446. The average Bonchev–Trinajstić information content (AvgIpc) is 3.45. The van der Waals surface area contributed by atoms with Crippen molar-refractivity contribution in [2.45, 2.75) is 12.8 Å². The maximum atomic E-state index is 12.5. The summed E-state index contributed by atoms with van der Waals surface area (Å²) in [6.45, 7) is 1.50. The molecule has 4 heterocycles. The Labute approximate surface area is 170 Å². The predicted molar refractivity (Wildman–Crippen MR) is 110 cm³/mol. The van der Waals surface area contributed by atoms with Crippen LogP contribution in [0.5, 0.6) is 0 Å². The van der Waals surface area contributed by atoms with Crippen molar-refractivity contribution in [1.29, 1.82) is 0 Å². The number of carbonyl (C=O) groups excluding carboxylic acids is 1. The Bertz CT molecular complexity index is 1120. The molecule has 0 bridgehead atoms. The second kappa shape index (κ2) is 7.55. The van der Waals surface area contributed by atoms with Gasteiger partial charge in [0.15, 0.2) is 0 Å². The molecule has 4 aromatic rings. The Morgan fingerprint density at radius 1 is 1.17 bits per heavy atom. The average molecular weight is 406 g/mol. The zero-order valence-electron chi connectivity index (χ0n) is 15.5. The van der Waals surface area contributed by atoms with Crippen molar-refractivity contribution >= 4 is 34.0 Å². The van der Waals surface area contributed by atoms with Gasteiger partial charge in [-0.1, -0.05) is 41.7 Å². The van der Waals surface area contributed by atoms with E-state index in [9.17, 15) is 4.79 Å². The maximum Gasteiger partial charge on any atom is 0.254 e. The number of nitrogens with one attached hydrogen (secondary N) is 1. The highest BCUT2D eigenvalue weighted by Gasteiger charge is 2.27. The van der Waals surface area contributed by atoms with Crippen LogP contribution < -0.4 is 10.2 Å². The molecule has 1 aliphatic heterocycles. The fourth-order valence-corrected chi connectivity index (χ4v) is 4.03. The minimum absolute atomic E-state index is 0.00649. The van der Waals surface area contributed by atoms with Gasteiger partial charge in [0, 0.05) is 30.6 Å². The number of anilines is 2. The molecule has 0 radical (unpaired) electrons. The number of amides is 1. The Balaban J connectivity index is 1.36. The molecule has 1 aromatic carbocycles.